The molecule has 0 aromatic carbocycles. The van der Waals surface area contributed by atoms with Crippen LogP contribution in [0.2, 0.25) is 0 Å². The highest BCUT2D eigenvalue weighted by atomic mass is 16.6. The number of allylic oxidation sites excluding steroid dienone is 20. The summed E-state index contributed by atoms with van der Waals surface area (Å²) in [6, 6.07) is 0. The van der Waals surface area contributed by atoms with Gasteiger partial charge in [-0.25, -0.2) is 0 Å². The van der Waals surface area contributed by atoms with Gasteiger partial charge in [0.25, 0.3) is 0 Å². The van der Waals surface area contributed by atoms with Gasteiger partial charge in [0.05, 0.1) is 0 Å². The van der Waals surface area contributed by atoms with Crippen LogP contribution in [0.1, 0.15) is 316 Å². The number of carbonyl (C=O) groups is 3. The van der Waals surface area contributed by atoms with Crippen molar-refractivity contribution >= 4 is 17.9 Å². The van der Waals surface area contributed by atoms with Gasteiger partial charge in [-0.05, 0) is 116 Å². The first-order valence-electron chi connectivity index (χ1n) is 34.0. The van der Waals surface area contributed by atoms with Gasteiger partial charge < -0.3 is 14.2 Å². The van der Waals surface area contributed by atoms with Crippen molar-refractivity contribution in [2.75, 3.05) is 13.2 Å². The molecule has 81 heavy (non-hydrogen) atoms. The molecule has 0 spiro atoms. The second-order valence-electron chi connectivity index (χ2n) is 22.4. The van der Waals surface area contributed by atoms with E-state index < -0.39 is 6.10 Å². The summed E-state index contributed by atoms with van der Waals surface area (Å²) in [5.74, 6) is -0.890. The van der Waals surface area contributed by atoms with E-state index in [4.69, 9.17) is 14.2 Å². The predicted octanol–water partition coefficient (Wildman–Crippen LogP) is 23.6. The summed E-state index contributed by atoms with van der Waals surface area (Å²) >= 11 is 0. The highest BCUT2D eigenvalue weighted by Gasteiger charge is 2.19. The van der Waals surface area contributed by atoms with Crippen molar-refractivity contribution in [3.05, 3.63) is 122 Å². The Labute approximate surface area is 501 Å². The zero-order chi connectivity index (χ0) is 58.5. The Morgan fingerprint density at radius 2 is 0.481 bits per heavy atom. The van der Waals surface area contributed by atoms with Gasteiger partial charge in [0.1, 0.15) is 13.2 Å². The van der Waals surface area contributed by atoms with Gasteiger partial charge in [-0.15, -0.1) is 0 Å². The van der Waals surface area contributed by atoms with E-state index in [0.717, 1.165) is 128 Å². The Bertz CT molecular complexity index is 1670. The number of unbranched alkanes of at least 4 members (excludes halogenated alkanes) is 30. The van der Waals surface area contributed by atoms with Crippen molar-refractivity contribution in [1.82, 2.24) is 0 Å². The Morgan fingerprint density at radius 3 is 0.765 bits per heavy atom. The van der Waals surface area contributed by atoms with E-state index in [1.165, 1.54) is 148 Å². The number of rotatable bonds is 61. The van der Waals surface area contributed by atoms with E-state index >= 15 is 0 Å². The summed E-state index contributed by atoms with van der Waals surface area (Å²) in [4.78, 5) is 38.3. The number of esters is 3. The molecule has 0 bridgehead atoms. The first kappa shape index (κ1) is 76.8. The van der Waals surface area contributed by atoms with Gasteiger partial charge in [0, 0.05) is 19.3 Å². The fourth-order valence-electron chi connectivity index (χ4n) is 9.37. The molecule has 0 aliphatic carbocycles. The molecule has 0 aliphatic heterocycles. The summed E-state index contributed by atoms with van der Waals surface area (Å²) < 4.78 is 16.9. The smallest absolute Gasteiger partial charge is 0.306 e. The van der Waals surface area contributed by atoms with E-state index in [0.29, 0.717) is 19.3 Å². The molecule has 462 valence electrons. The lowest BCUT2D eigenvalue weighted by Crippen LogP contribution is -2.30. The zero-order valence-corrected chi connectivity index (χ0v) is 53.0. The van der Waals surface area contributed by atoms with Crippen molar-refractivity contribution in [2.24, 2.45) is 0 Å². The van der Waals surface area contributed by atoms with Crippen LogP contribution in [-0.4, -0.2) is 37.2 Å². The summed E-state index contributed by atoms with van der Waals surface area (Å²) in [5, 5.41) is 0. The minimum absolute atomic E-state index is 0.0823. The lowest BCUT2D eigenvalue weighted by atomic mass is 10.0. The van der Waals surface area contributed by atoms with E-state index in [9.17, 15) is 14.4 Å². The SMILES string of the molecule is CC/C=C\C/C=C\C/C=C\C/C=C\C/C=C\C/C=C\C/C=C\C/C=C\CCCCCCCCCCC(=O)OCC(COC(=O)CCCCCCCCCCCCCC)OC(=O)CCCCCCCCC/C=C\C/C=C\CCCCCC. The Morgan fingerprint density at radius 1 is 0.259 bits per heavy atom. The molecule has 0 fully saturated rings. The Balaban J connectivity index is 4.28. The van der Waals surface area contributed by atoms with Crippen molar-refractivity contribution < 1.29 is 28.6 Å². The summed E-state index contributed by atoms with van der Waals surface area (Å²) in [7, 11) is 0. The van der Waals surface area contributed by atoms with Crippen LogP contribution in [0.5, 0.6) is 0 Å². The third kappa shape index (κ3) is 66.5. The molecule has 0 aromatic heterocycles. The lowest BCUT2D eigenvalue weighted by molar-refractivity contribution is -0.167. The van der Waals surface area contributed by atoms with Crippen LogP contribution in [0.15, 0.2) is 122 Å². The van der Waals surface area contributed by atoms with Crippen LogP contribution in [0.4, 0.5) is 0 Å². The standard InChI is InChI=1S/C75H126O6/c1-4-7-10-13-16-19-22-25-27-29-31-32-33-34-35-36-37-38-39-40-41-42-43-44-45-47-48-50-53-56-59-62-65-68-74(77)80-71-72(70-79-73(76)67-64-61-58-55-52-24-21-18-15-12-9-6-3)81-75(78)69-66-63-60-57-54-51-49-46-30-28-26-23-20-17-14-11-8-5-2/h7,10,16,19-20,23,25,27-28,30-32,34-35,37-38,40-41,43-44,72H,4-6,8-9,11-15,17-18,21-22,24,26,29,33,36,39,42,45-71H2,1-3H3/b10-7-,19-16-,23-20-,27-25-,30-28-,32-31-,35-34-,38-37-,41-40-,44-43-. The van der Waals surface area contributed by atoms with Gasteiger partial charge in [-0.2, -0.15) is 0 Å². The van der Waals surface area contributed by atoms with Gasteiger partial charge in [0.2, 0.25) is 0 Å². The maximum Gasteiger partial charge on any atom is 0.306 e. The molecule has 0 aromatic rings. The highest BCUT2D eigenvalue weighted by Crippen LogP contribution is 2.16. The van der Waals surface area contributed by atoms with Gasteiger partial charge in [-0.3, -0.25) is 14.4 Å². The average molecular weight is 1120 g/mol. The highest BCUT2D eigenvalue weighted by molar-refractivity contribution is 5.71. The van der Waals surface area contributed by atoms with Crippen LogP contribution in [-0.2, 0) is 28.6 Å². The van der Waals surface area contributed by atoms with E-state index in [1.807, 2.05) is 0 Å². The molecule has 0 aliphatic rings. The van der Waals surface area contributed by atoms with Crippen molar-refractivity contribution in [1.29, 1.82) is 0 Å². The van der Waals surface area contributed by atoms with Crippen LogP contribution < -0.4 is 0 Å². The maximum absolute atomic E-state index is 12.9. The Kier molecular flexibility index (Phi) is 64.8. The summed E-state index contributed by atoms with van der Waals surface area (Å²) in [5.41, 5.74) is 0. The molecule has 0 heterocycles. The van der Waals surface area contributed by atoms with Crippen LogP contribution >= 0.6 is 0 Å². The Hall–Kier alpha value is -4.19. The lowest BCUT2D eigenvalue weighted by Gasteiger charge is -2.18. The molecule has 0 N–H and O–H groups in total. The van der Waals surface area contributed by atoms with Crippen molar-refractivity contribution in [3.63, 3.8) is 0 Å². The van der Waals surface area contributed by atoms with Gasteiger partial charge in [0.15, 0.2) is 6.10 Å². The fraction of sp³-hybridized carbons (Fsp3) is 0.693. The predicted molar refractivity (Wildman–Crippen MR) is 353 cm³/mol. The second-order valence-corrected chi connectivity index (χ2v) is 22.4. The maximum atomic E-state index is 12.9. The first-order chi connectivity index (χ1) is 40.0. The average Bonchev–Trinajstić information content (AvgIpc) is 3.47. The molecule has 0 saturated carbocycles. The van der Waals surface area contributed by atoms with Crippen LogP contribution in [0, 0.1) is 0 Å². The molecule has 0 rings (SSSR count). The van der Waals surface area contributed by atoms with E-state index in [-0.39, 0.29) is 31.1 Å². The van der Waals surface area contributed by atoms with Gasteiger partial charge in [-0.1, -0.05) is 303 Å². The molecule has 6 nitrogen and oxygen atoms in total. The summed E-state index contributed by atoms with van der Waals surface area (Å²) in [6.45, 7) is 6.51. The molecule has 0 radical (unpaired) electrons. The molecular formula is C75H126O6. The van der Waals surface area contributed by atoms with E-state index in [2.05, 4.69) is 142 Å². The number of carbonyl (C=O) groups excluding carboxylic acids is 3. The fourth-order valence-corrected chi connectivity index (χ4v) is 9.37. The number of hydrogen-bond donors (Lipinski definition) is 0. The third-order valence-electron chi connectivity index (χ3n) is 14.5. The number of hydrogen-bond acceptors (Lipinski definition) is 6. The van der Waals surface area contributed by atoms with E-state index in [1.54, 1.807) is 0 Å². The quantitative estimate of drug-likeness (QED) is 0.0261. The normalized spacial score (nSPS) is 12.9. The molecule has 1 unspecified atom stereocenters. The molecule has 1 atom stereocenters. The molecule has 0 amide bonds. The minimum atomic E-state index is -0.787. The first-order valence-corrected chi connectivity index (χ1v) is 34.0. The monoisotopic (exact) mass is 1120 g/mol. The van der Waals surface area contributed by atoms with Crippen molar-refractivity contribution in [3.8, 4) is 0 Å². The molecule has 0 saturated heterocycles. The second kappa shape index (κ2) is 68.3. The van der Waals surface area contributed by atoms with Gasteiger partial charge >= 0.3 is 17.9 Å². The minimum Gasteiger partial charge on any atom is -0.462 e. The van der Waals surface area contributed by atoms with Crippen LogP contribution in [0.25, 0.3) is 0 Å². The zero-order valence-electron chi connectivity index (χ0n) is 53.0. The molecular weight excluding hydrogens is 997 g/mol. The summed E-state index contributed by atoms with van der Waals surface area (Å²) in [6.07, 6.45) is 95.0. The number of ether oxygens (including phenoxy) is 3. The third-order valence-corrected chi connectivity index (χ3v) is 14.5. The largest absolute Gasteiger partial charge is 0.462 e. The topological polar surface area (TPSA) is 78.9 Å². The van der Waals surface area contributed by atoms with Crippen molar-refractivity contribution in [2.45, 2.75) is 322 Å². The molecule has 6 heteroatoms. The van der Waals surface area contributed by atoms with Crippen LogP contribution in [0.3, 0.4) is 0 Å².